The summed E-state index contributed by atoms with van der Waals surface area (Å²) in [4.78, 5) is 16.9. The summed E-state index contributed by atoms with van der Waals surface area (Å²) in [6.07, 6.45) is 0. The molecule has 3 aromatic rings. The summed E-state index contributed by atoms with van der Waals surface area (Å²) < 4.78 is 16.4. The van der Waals surface area contributed by atoms with Crippen LogP contribution in [0.5, 0.6) is 11.5 Å². The number of rotatable bonds is 6. The van der Waals surface area contributed by atoms with Crippen molar-refractivity contribution in [1.29, 1.82) is 0 Å². The van der Waals surface area contributed by atoms with Gasteiger partial charge in [0.25, 0.3) is 5.22 Å². The van der Waals surface area contributed by atoms with E-state index in [-0.39, 0.29) is 30.9 Å². The number of ether oxygens (including phenoxy) is 2. The van der Waals surface area contributed by atoms with E-state index >= 15 is 0 Å². The number of hydrogen-bond acceptors (Lipinski definition) is 8. The molecule has 1 aromatic heterocycles. The fraction of sp³-hybridized carbons (Fsp3) is 0.318. The number of carbonyl (C=O) groups is 1. The summed E-state index contributed by atoms with van der Waals surface area (Å²) in [5.41, 5.74) is 2.05. The molecule has 1 amide bonds. The van der Waals surface area contributed by atoms with Crippen LogP contribution < -0.4 is 9.47 Å². The first-order valence-corrected chi connectivity index (χ1v) is 11.1. The van der Waals surface area contributed by atoms with Crippen LogP contribution in [0.15, 0.2) is 58.2 Å². The van der Waals surface area contributed by atoms with Crippen LogP contribution in [0.25, 0.3) is 11.5 Å². The molecule has 0 bridgehead atoms. The Morgan fingerprint density at radius 1 is 0.969 bits per heavy atom. The highest BCUT2D eigenvalue weighted by molar-refractivity contribution is 7.99. The second-order valence-electron chi connectivity index (χ2n) is 7.37. The lowest BCUT2D eigenvalue weighted by Crippen LogP contribution is -2.48. The van der Waals surface area contributed by atoms with Gasteiger partial charge in [-0.05, 0) is 23.8 Å². The van der Waals surface area contributed by atoms with Gasteiger partial charge < -0.3 is 18.8 Å². The van der Waals surface area contributed by atoms with E-state index in [1.807, 2.05) is 29.2 Å². The first-order valence-electron chi connectivity index (χ1n) is 10.1. The monoisotopic (exact) mass is 474 g/mol. The summed E-state index contributed by atoms with van der Waals surface area (Å²) >= 11 is 1.27. The Morgan fingerprint density at radius 3 is 2.56 bits per heavy atom. The first kappa shape index (κ1) is 22.4. The van der Waals surface area contributed by atoms with Crippen molar-refractivity contribution in [3.05, 3.63) is 54.1 Å². The zero-order chi connectivity index (χ0) is 21.0. The Labute approximate surface area is 196 Å². The highest BCUT2D eigenvalue weighted by atomic mass is 35.5. The smallest absolute Gasteiger partial charge is 0.277 e. The highest BCUT2D eigenvalue weighted by Crippen LogP contribution is 2.36. The maximum absolute atomic E-state index is 12.6. The number of hydrogen-bond donors (Lipinski definition) is 0. The number of piperazine rings is 1. The molecule has 2 aliphatic rings. The molecular formula is C22H23ClN4O4S. The third-order valence-electron chi connectivity index (χ3n) is 5.32. The van der Waals surface area contributed by atoms with Crippen molar-refractivity contribution in [2.45, 2.75) is 11.8 Å². The van der Waals surface area contributed by atoms with Gasteiger partial charge in [0.2, 0.25) is 18.6 Å². The van der Waals surface area contributed by atoms with Gasteiger partial charge in [-0.2, -0.15) is 0 Å². The van der Waals surface area contributed by atoms with E-state index < -0.39 is 0 Å². The third-order valence-corrected chi connectivity index (χ3v) is 6.12. The van der Waals surface area contributed by atoms with Crippen LogP contribution in [0.3, 0.4) is 0 Å². The molecule has 0 N–H and O–H groups in total. The molecule has 3 heterocycles. The summed E-state index contributed by atoms with van der Waals surface area (Å²) in [6, 6.07) is 15.9. The Hall–Kier alpha value is -2.75. The molecule has 2 aliphatic heterocycles. The molecular weight excluding hydrogens is 452 g/mol. The SMILES string of the molecule is Cl.O=C(CSc1nnc(-c2ccc3c(c2)OCO3)o1)N1CCN(Cc2ccccc2)CC1. The molecule has 0 spiro atoms. The van der Waals surface area contributed by atoms with Gasteiger partial charge in [0.1, 0.15) is 0 Å². The summed E-state index contributed by atoms with van der Waals surface area (Å²) in [5, 5.41) is 8.52. The zero-order valence-electron chi connectivity index (χ0n) is 17.3. The van der Waals surface area contributed by atoms with E-state index in [0.717, 1.165) is 38.3 Å². The lowest BCUT2D eigenvalue weighted by atomic mass is 10.2. The average molecular weight is 475 g/mol. The molecule has 8 nitrogen and oxygen atoms in total. The van der Waals surface area contributed by atoms with E-state index in [2.05, 4.69) is 39.4 Å². The van der Waals surface area contributed by atoms with Gasteiger partial charge in [0.15, 0.2) is 11.5 Å². The normalized spacial score (nSPS) is 15.4. The molecule has 0 atom stereocenters. The predicted octanol–water partition coefficient (Wildman–Crippen LogP) is 3.32. The van der Waals surface area contributed by atoms with Crippen molar-refractivity contribution in [3.8, 4) is 23.0 Å². The van der Waals surface area contributed by atoms with Gasteiger partial charge >= 0.3 is 0 Å². The number of thioether (sulfide) groups is 1. The van der Waals surface area contributed by atoms with Gasteiger partial charge in [-0.25, -0.2) is 0 Å². The summed E-state index contributed by atoms with van der Waals surface area (Å²) in [5.74, 6) is 2.12. The number of nitrogens with zero attached hydrogens (tertiary/aromatic N) is 4. The number of carbonyl (C=O) groups excluding carboxylic acids is 1. The fourth-order valence-electron chi connectivity index (χ4n) is 3.63. The maximum Gasteiger partial charge on any atom is 0.277 e. The van der Waals surface area contributed by atoms with Crippen LogP contribution in [-0.4, -0.2) is 64.6 Å². The fourth-order valence-corrected chi connectivity index (χ4v) is 4.29. The molecule has 32 heavy (non-hydrogen) atoms. The molecule has 0 aliphatic carbocycles. The first-order chi connectivity index (χ1) is 15.2. The lowest BCUT2D eigenvalue weighted by Gasteiger charge is -2.34. The van der Waals surface area contributed by atoms with Crippen LogP contribution in [-0.2, 0) is 11.3 Å². The van der Waals surface area contributed by atoms with Crippen LogP contribution >= 0.6 is 24.2 Å². The molecule has 1 saturated heterocycles. The third kappa shape index (κ3) is 5.17. The minimum Gasteiger partial charge on any atom is -0.454 e. The van der Waals surface area contributed by atoms with Crippen molar-refractivity contribution in [2.24, 2.45) is 0 Å². The van der Waals surface area contributed by atoms with Gasteiger partial charge in [-0.3, -0.25) is 9.69 Å². The van der Waals surface area contributed by atoms with Crippen molar-refractivity contribution in [1.82, 2.24) is 20.0 Å². The average Bonchev–Trinajstić information content (AvgIpc) is 3.48. The van der Waals surface area contributed by atoms with Crippen molar-refractivity contribution >= 4 is 30.1 Å². The number of amides is 1. The van der Waals surface area contributed by atoms with Gasteiger partial charge in [0, 0.05) is 38.3 Å². The van der Waals surface area contributed by atoms with Gasteiger partial charge in [-0.1, -0.05) is 42.1 Å². The van der Waals surface area contributed by atoms with E-state index in [4.69, 9.17) is 13.9 Å². The topological polar surface area (TPSA) is 80.9 Å². The number of fused-ring (bicyclic) bond motifs is 1. The van der Waals surface area contributed by atoms with E-state index in [0.29, 0.717) is 22.6 Å². The Kier molecular flexibility index (Phi) is 7.19. The van der Waals surface area contributed by atoms with Crippen molar-refractivity contribution in [3.63, 3.8) is 0 Å². The summed E-state index contributed by atoms with van der Waals surface area (Å²) in [7, 11) is 0. The second-order valence-corrected chi connectivity index (χ2v) is 8.30. The number of halogens is 1. The zero-order valence-corrected chi connectivity index (χ0v) is 18.9. The summed E-state index contributed by atoms with van der Waals surface area (Å²) in [6.45, 7) is 4.35. The number of benzene rings is 2. The largest absolute Gasteiger partial charge is 0.454 e. The Morgan fingerprint density at radius 2 is 1.75 bits per heavy atom. The molecule has 0 unspecified atom stereocenters. The molecule has 2 aromatic carbocycles. The molecule has 5 rings (SSSR count). The van der Waals surface area contributed by atoms with Crippen LogP contribution in [0, 0.1) is 0 Å². The van der Waals surface area contributed by atoms with Crippen molar-refractivity contribution < 1.29 is 18.7 Å². The molecule has 168 valence electrons. The molecule has 10 heteroatoms. The van der Waals surface area contributed by atoms with Crippen LogP contribution in [0.4, 0.5) is 0 Å². The minimum atomic E-state index is 0. The minimum absolute atomic E-state index is 0. The maximum atomic E-state index is 12.6. The predicted molar refractivity (Wildman–Crippen MR) is 122 cm³/mol. The van der Waals surface area contributed by atoms with E-state index in [1.54, 1.807) is 0 Å². The molecule has 0 saturated carbocycles. The molecule has 0 radical (unpaired) electrons. The second kappa shape index (κ2) is 10.2. The van der Waals surface area contributed by atoms with E-state index in [9.17, 15) is 4.79 Å². The van der Waals surface area contributed by atoms with E-state index in [1.165, 1.54) is 17.3 Å². The van der Waals surface area contributed by atoms with Crippen LogP contribution in [0.1, 0.15) is 5.56 Å². The van der Waals surface area contributed by atoms with Crippen molar-refractivity contribution in [2.75, 3.05) is 38.7 Å². The van der Waals surface area contributed by atoms with Gasteiger partial charge in [0.05, 0.1) is 5.75 Å². The number of aromatic nitrogens is 2. The Balaban J connectivity index is 0.00000245. The Bertz CT molecular complexity index is 1060. The quantitative estimate of drug-likeness (QED) is 0.503. The highest BCUT2D eigenvalue weighted by Gasteiger charge is 2.22. The van der Waals surface area contributed by atoms with Gasteiger partial charge in [-0.15, -0.1) is 22.6 Å². The van der Waals surface area contributed by atoms with Crippen LogP contribution in [0.2, 0.25) is 0 Å². The standard InChI is InChI=1S/C22H22N4O4S.ClH/c27-20(26-10-8-25(9-11-26)13-16-4-2-1-3-5-16)14-31-22-24-23-21(30-22)17-6-7-18-19(12-17)29-15-28-18;/h1-7,12H,8-11,13-15H2;1H. The molecule has 1 fully saturated rings. The lowest BCUT2D eigenvalue weighted by molar-refractivity contribution is -0.130.